The van der Waals surface area contributed by atoms with Gasteiger partial charge in [-0.2, -0.15) is 0 Å². The van der Waals surface area contributed by atoms with Gasteiger partial charge >= 0.3 is 0 Å². The number of aromatic nitrogens is 2. The Bertz CT molecular complexity index is 633. The van der Waals surface area contributed by atoms with Crippen LogP contribution in [0.1, 0.15) is 23.8 Å². The molecule has 7 heteroatoms. The minimum atomic E-state index is -0.448. The molecule has 5 nitrogen and oxygen atoms in total. The molecule has 1 aromatic carbocycles. The summed E-state index contributed by atoms with van der Waals surface area (Å²) in [6.07, 6.45) is 3.84. The predicted molar refractivity (Wildman–Crippen MR) is 82.9 cm³/mol. The smallest absolute Gasteiger partial charge is 0.275 e. The van der Waals surface area contributed by atoms with E-state index in [1.165, 1.54) is 30.6 Å². The summed E-state index contributed by atoms with van der Waals surface area (Å²) < 4.78 is 13.8. The Balaban J connectivity index is 2.07. The Labute approximate surface area is 130 Å². The minimum Gasteiger partial charge on any atom is -0.369 e. The quantitative estimate of drug-likeness (QED) is 0.864. The molecule has 0 aliphatic rings. The Morgan fingerprint density at radius 3 is 2.81 bits per heavy atom. The fraction of sp³-hybridized carbons (Fsp3) is 0.214. The van der Waals surface area contributed by atoms with Crippen LogP contribution < -0.4 is 10.6 Å². The molecule has 0 atom stereocenters. The van der Waals surface area contributed by atoms with Gasteiger partial charge in [0.1, 0.15) is 17.3 Å². The molecule has 1 amide bonds. The van der Waals surface area contributed by atoms with Crippen LogP contribution in [0.4, 0.5) is 15.9 Å². The van der Waals surface area contributed by atoms with Crippen molar-refractivity contribution in [1.82, 2.24) is 9.97 Å². The molecule has 0 bridgehead atoms. The van der Waals surface area contributed by atoms with Crippen LogP contribution in [0, 0.1) is 5.82 Å². The number of amides is 1. The number of halogens is 2. The van der Waals surface area contributed by atoms with Gasteiger partial charge in [-0.3, -0.25) is 4.79 Å². The Hall–Kier alpha value is -2.02. The molecule has 0 saturated carbocycles. The van der Waals surface area contributed by atoms with Gasteiger partial charge in [0, 0.05) is 11.0 Å². The maximum absolute atomic E-state index is 13.2. The van der Waals surface area contributed by atoms with Gasteiger partial charge in [0.2, 0.25) is 0 Å². The molecule has 0 fully saturated rings. The third-order valence-electron chi connectivity index (χ3n) is 2.62. The molecule has 0 spiro atoms. The van der Waals surface area contributed by atoms with Crippen molar-refractivity contribution in [3.63, 3.8) is 0 Å². The highest BCUT2D eigenvalue weighted by Gasteiger charge is 2.11. The van der Waals surface area contributed by atoms with Gasteiger partial charge < -0.3 is 10.6 Å². The first-order valence-corrected chi connectivity index (χ1v) is 7.21. The highest BCUT2D eigenvalue weighted by Crippen LogP contribution is 2.23. The number of anilines is 2. The Morgan fingerprint density at radius 1 is 1.33 bits per heavy atom. The summed E-state index contributed by atoms with van der Waals surface area (Å²) in [7, 11) is 0. The zero-order valence-corrected chi connectivity index (χ0v) is 12.9. The van der Waals surface area contributed by atoms with Crippen LogP contribution in [-0.2, 0) is 0 Å². The summed E-state index contributed by atoms with van der Waals surface area (Å²) in [5.41, 5.74) is 0.503. The normalized spacial score (nSPS) is 10.2. The van der Waals surface area contributed by atoms with E-state index in [2.05, 4.69) is 36.5 Å². The first-order chi connectivity index (χ1) is 10.1. The van der Waals surface area contributed by atoms with E-state index in [4.69, 9.17) is 0 Å². The summed E-state index contributed by atoms with van der Waals surface area (Å²) in [5.74, 6) is -0.269. The minimum absolute atomic E-state index is 0.160. The van der Waals surface area contributed by atoms with Crippen LogP contribution >= 0.6 is 15.9 Å². The fourth-order valence-electron chi connectivity index (χ4n) is 1.57. The zero-order chi connectivity index (χ0) is 15.2. The SMILES string of the molecule is CCCNc1cnc(C(=O)Nc2cc(F)ccc2Br)cn1. The van der Waals surface area contributed by atoms with Gasteiger partial charge in [-0.15, -0.1) is 0 Å². The average molecular weight is 353 g/mol. The lowest BCUT2D eigenvalue weighted by Gasteiger charge is -2.07. The molecule has 110 valence electrons. The lowest BCUT2D eigenvalue weighted by atomic mass is 10.3. The van der Waals surface area contributed by atoms with Crippen molar-refractivity contribution < 1.29 is 9.18 Å². The number of nitrogens with one attached hydrogen (secondary N) is 2. The topological polar surface area (TPSA) is 66.9 Å². The molecule has 2 aromatic rings. The number of hydrogen-bond acceptors (Lipinski definition) is 4. The summed E-state index contributed by atoms with van der Waals surface area (Å²) in [6, 6.07) is 4.05. The van der Waals surface area contributed by atoms with Crippen molar-refractivity contribution >= 4 is 33.3 Å². The van der Waals surface area contributed by atoms with Crippen LogP contribution in [-0.4, -0.2) is 22.4 Å². The molecular formula is C14H14BrFN4O. The number of benzene rings is 1. The molecule has 0 aliphatic carbocycles. The molecule has 0 saturated heterocycles. The van der Waals surface area contributed by atoms with E-state index < -0.39 is 11.7 Å². The van der Waals surface area contributed by atoms with Gasteiger partial charge in [-0.1, -0.05) is 6.92 Å². The van der Waals surface area contributed by atoms with Crippen LogP contribution in [0.2, 0.25) is 0 Å². The van der Waals surface area contributed by atoms with E-state index in [-0.39, 0.29) is 5.69 Å². The maximum Gasteiger partial charge on any atom is 0.275 e. The van der Waals surface area contributed by atoms with E-state index in [0.717, 1.165) is 13.0 Å². The van der Waals surface area contributed by atoms with Crippen LogP contribution in [0.5, 0.6) is 0 Å². The van der Waals surface area contributed by atoms with Crippen molar-refractivity contribution in [3.05, 3.63) is 46.6 Å². The number of hydrogen-bond donors (Lipinski definition) is 2. The fourth-order valence-corrected chi connectivity index (χ4v) is 1.92. The summed E-state index contributed by atoms with van der Waals surface area (Å²) in [4.78, 5) is 20.2. The van der Waals surface area contributed by atoms with Crippen molar-refractivity contribution in [2.24, 2.45) is 0 Å². The molecule has 2 N–H and O–H groups in total. The molecule has 21 heavy (non-hydrogen) atoms. The Kier molecular flexibility index (Phi) is 5.21. The molecular weight excluding hydrogens is 339 g/mol. The third-order valence-corrected chi connectivity index (χ3v) is 3.31. The maximum atomic E-state index is 13.2. The van der Waals surface area contributed by atoms with E-state index >= 15 is 0 Å². The number of rotatable bonds is 5. The molecule has 1 aromatic heterocycles. The highest BCUT2D eigenvalue weighted by atomic mass is 79.9. The summed E-state index contributed by atoms with van der Waals surface area (Å²) in [6.45, 7) is 2.83. The van der Waals surface area contributed by atoms with E-state index in [9.17, 15) is 9.18 Å². The second-order valence-corrected chi connectivity index (χ2v) is 5.15. The summed E-state index contributed by atoms with van der Waals surface area (Å²) >= 11 is 3.24. The standard InChI is InChI=1S/C14H14BrFN4O/c1-2-5-17-13-8-18-12(7-19-13)14(21)20-11-6-9(16)3-4-10(11)15/h3-4,6-8H,2,5H2,1H3,(H,17,19)(H,20,21). The molecule has 0 radical (unpaired) electrons. The van der Waals surface area contributed by atoms with Gasteiger partial charge in [0.15, 0.2) is 0 Å². The van der Waals surface area contributed by atoms with E-state index in [0.29, 0.717) is 16.0 Å². The summed E-state index contributed by atoms with van der Waals surface area (Å²) in [5, 5.41) is 5.65. The second kappa shape index (κ2) is 7.12. The van der Waals surface area contributed by atoms with E-state index in [1.807, 2.05) is 6.92 Å². The second-order valence-electron chi connectivity index (χ2n) is 4.29. The van der Waals surface area contributed by atoms with Gasteiger partial charge in [-0.25, -0.2) is 14.4 Å². The van der Waals surface area contributed by atoms with Crippen molar-refractivity contribution in [1.29, 1.82) is 0 Å². The lowest BCUT2D eigenvalue weighted by molar-refractivity contribution is 0.102. The largest absolute Gasteiger partial charge is 0.369 e. The molecule has 1 heterocycles. The van der Waals surface area contributed by atoms with Gasteiger partial charge in [0.25, 0.3) is 5.91 Å². The molecule has 0 aliphatic heterocycles. The molecule has 2 rings (SSSR count). The van der Waals surface area contributed by atoms with Crippen LogP contribution in [0.25, 0.3) is 0 Å². The van der Waals surface area contributed by atoms with Crippen molar-refractivity contribution in [3.8, 4) is 0 Å². The Morgan fingerprint density at radius 2 is 2.14 bits per heavy atom. The predicted octanol–water partition coefficient (Wildman–Crippen LogP) is 3.45. The first-order valence-electron chi connectivity index (χ1n) is 6.42. The third kappa shape index (κ3) is 4.22. The number of carbonyl (C=O) groups is 1. The number of nitrogens with zero attached hydrogens (tertiary/aromatic N) is 2. The van der Waals surface area contributed by atoms with Crippen LogP contribution in [0.15, 0.2) is 35.1 Å². The number of carbonyl (C=O) groups excluding carboxylic acids is 1. The first kappa shape index (κ1) is 15.4. The van der Waals surface area contributed by atoms with Gasteiger partial charge in [-0.05, 0) is 40.5 Å². The molecule has 0 unspecified atom stereocenters. The zero-order valence-electron chi connectivity index (χ0n) is 11.4. The highest BCUT2D eigenvalue weighted by molar-refractivity contribution is 9.10. The van der Waals surface area contributed by atoms with Gasteiger partial charge in [0.05, 0.1) is 18.1 Å². The monoisotopic (exact) mass is 352 g/mol. The van der Waals surface area contributed by atoms with Crippen molar-refractivity contribution in [2.75, 3.05) is 17.2 Å². The average Bonchev–Trinajstić information content (AvgIpc) is 2.49. The van der Waals surface area contributed by atoms with Crippen LogP contribution in [0.3, 0.4) is 0 Å². The lowest BCUT2D eigenvalue weighted by Crippen LogP contribution is -2.15. The van der Waals surface area contributed by atoms with Crippen molar-refractivity contribution in [2.45, 2.75) is 13.3 Å². The van der Waals surface area contributed by atoms with E-state index in [1.54, 1.807) is 0 Å².